The predicted octanol–water partition coefficient (Wildman–Crippen LogP) is 3.43. The van der Waals surface area contributed by atoms with E-state index in [1.807, 2.05) is 25.1 Å². The fourth-order valence-electron chi connectivity index (χ4n) is 2.63. The van der Waals surface area contributed by atoms with E-state index in [1.54, 1.807) is 30.3 Å². The highest BCUT2D eigenvalue weighted by molar-refractivity contribution is 5.97. The summed E-state index contributed by atoms with van der Waals surface area (Å²) in [6, 6.07) is 14.0. The number of nitrogens with one attached hydrogen (secondary N) is 1. The first-order valence-corrected chi connectivity index (χ1v) is 9.00. The largest absolute Gasteiger partial charge is 0.492 e. The number of carboxylic acid groups (broad SMARTS) is 1. The maximum absolute atomic E-state index is 12.7. The monoisotopic (exact) mass is 369 g/mol. The highest BCUT2D eigenvalue weighted by Gasteiger charge is 2.23. The van der Waals surface area contributed by atoms with Crippen LogP contribution < -0.4 is 14.8 Å². The number of aliphatic carboxylic acids is 1. The zero-order chi connectivity index (χ0) is 19.2. The molecule has 1 aliphatic carbocycles. The molecule has 0 aliphatic heterocycles. The molecule has 1 amide bonds. The molecule has 0 spiro atoms. The summed E-state index contributed by atoms with van der Waals surface area (Å²) < 4.78 is 10.9. The Morgan fingerprint density at radius 3 is 2.48 bits per heavy atom. The second-order valence-corrected chi connectivity index (χ2v) is 6.70. The van der Waals surface area contributed by atoms with Gasteiger partial charge in [0.2, 0.25) is 0 Å². The summed E-state index contributed by atoms with van der Waals surface area (Å²) in [5, 5.41) is 11.6. The summed E-state index contributed by atoms with van der Waals surface area (Å²) in [5.41, 5.74) is 1.41. The number of benzene rings is 2. The van der Waals surface area contributed by atoms with Gasteiger partial charge in [-0.3, -0.25) is 4.79 Å². The number of amides is 1. The number of carboxylic acids is 1. The van der Waals surface area contributed by atoms with E-state index in [4.69, 9.17) is 14.6 Å². The fraction of sp³-hybridized carbons (Fsp3) is 0.333. The van der Waals surface area contributed by atoms with Gasteiger partial charge in [0, 0.05) is 0 Å². The van der Waals surface area contributed by atoms with Crippen LogP contribution in [0.1, 0.15) is 41.7 Å². The van der Waals surface area contributed by atoms with E-state index in [1.165, 1.54) is 12.8 Å². The number of rotatable bonds is 9. The van der Waals surface area contributed by atoms with Crippen LogP contribution in [0, 0.1) is 5.92 Å². The third-order valence-corrected chi connectivity index (χ3v) is 4.39. The van der Waals surface area contributed by atoms with Gasteiger partial charge in [0.15, 0.2) is 6.61 Å². The minimum absolute atomic E-state index is 0.194. The quantitative estimate of drug-likeness (QED) is 0.707. The predicted molar refractivity (Wildman–Crippen MR) is 100 cm³/mol. The van der Waals surface area contributed by atoms with Crippen LogP contribution in [0.2, 0.25) is 0 Å². The minimum atomic E-state index is -1.03. The smallest absolute Gasteiger partial charge is 0.341 e. The van der Waals surface area contributed by atoms with Crippen LogP contribution >= 0.6 is 0 Å². The van der Waals surface area contributed by atoms with Gasteiger partial charge in [-0.1, -0.05) is 24.3 Å². The third kappa shape index (κ3) is 5.48. The van der Waals surface area contributed by atoms with Crippen molar-refractivity contribution in [3.8, 4) is 11.5 Å². The average Bonchev–Trinajstić information content (AvgIpc) is 3.49. The van der Waals surface area contributed by atoms with Crippen LogP contribution in [0.15, 0.2) is 48.5 Å². The molecular weight excluding hydrogens is 346 g/mol. The molecule has 142 valence electrons. The Bertz CT molecular complexity index is 798. The highest BCUT2D eigenvalue weighted by Crippen LogP contribution is 2.30. The second-order valence-electron chi connectivity index (χ2n) is 6.70. The first-order valence-electron chi connectivity index (χ1n) is 9.00. The van der Waals surface area contributed by atoms with E-state index in [0.29, 0.717) is 29.6 Å². The standard InChI is InChI=1S/C21H23NO5/c1-14(16-8-10-17(11-9-16)26-13-20(23)24)22-21(25)18-4-2-3-5-19(18)27-12-15-6-7-15/h2-5,8-11,14-15H,6-7,12-13H2,1H3,(H,22,25)(H,23,24). The molecule has 0 radical (unpaired) electrons. The molecule has 3 rings (SSSR count). The highest BCUT2D eigenvalue weighted by atomic mass is 16.5. The topological polar surface area (TPSA) is 84.9 Å². The van der Waals surface area contributed by atoms with Crippen LogP contribution in [0.3, 0.4) is 0 Å². The van der Waals surface area contributed by atoms with Crippen molar-refractivity contribution < 1.29 is 24.2 Å². The molecule has 0 bridgehead atoms. The van der Waals surface area contributed by atoms with E-state index >= 15 is 0 Å². The number of hydrogen-bond acceptors (Lipinski definition) is 4. The van der Waals surface area contributed by atoms with Crippen molar-refractivity contribution in [2.24, 2.45) is 5.92 Å². The Morgan fingerprint density at radius 1 is 1.11 bits per heavy atom. The summed E-state index contributed by atoms with van der Waals surface area (Å²) >= 11 is 0. The molecule has 0 aromatic heterocycles. The van der Waals surface area contributed by atoms with Crippen molar-refractivity contribution in [3.63, 3.8) is 0 Å². The van der Waals surface area contributed by atoms with Crippen molar-refractivity contribution in [1.29, 1.82) is 0 Å². The lowest BCUT2D eigenvalue weighted by molar-refractivity contribution is -0.139. The van der Waals surface area contributed by atoms with E-state index in [-0.39, 0.29) is 18.6 Å². The number of carbonyl (C=O) groups is 2. The Kier molecular flexibility index (Phi) is 5.96. The lowest BCUT2D eigenvalue weighted by atomic mass is 10.1. The molecule has 1 saturated carbocycles. The van der Waals surface area contributed by atoms with Crippen LogP contribution in [-0.4, -0.2) is 30.2 Å². The molecule has 2 aromatic carbocycles. The van der Waals surface area contributed by atoms with Crippen molar-refractivity contribution in [2.75, 3.05) is 13.2 Å². The Morgan fingerprint density at radius 2 is 1.81 bits per heavy atom. The van der Waals surface area contributed by atoms with Gasteiger partial charge < -0.3 is 19.9 Å². The molecule has 2 aromatic rings. The summed E-state index contributed by atoms with van der Waals surface area (Å²) in [5.74, 6) is 0.467. The van der Waals surface area contributed by atoms with E-state index < -0.39 is 5.97 Å². The molecule has 27 heavy (non-hydrogen) atoms. The summed E-state index contributed by atoms with van der Waals surface area (Å²) in [6.07, 6.45) is 2.38. The van der Waals surface area contributed by atoms with E-state index in [2.05, 4.69) is 5.32 Å². The maximum Gasteiger partial charge on any atom is 0.341 e. The SMILES string of the molecule is CC(NC(=O)c1ccccc1OCC1CC1)c1ccc(OCC(=O)O)cc1. The molecule has 1 unspecified atom stereocenters. The molecule has 1 atom stereocenters. The van der Waals surface area contributed by atoms with Gasteiger partial charge in [0.05, 0.1) is 18.2 Å². The Hall–Kier alpha value is -3.02. The van der Waals surface area contributed by atoms with Crippen molar-refractivity contribution in [2.45, 2.75) is 25.8 Å². The number of para-hydroxylation sites is 1. The van der Waals surface area contributed by atoms with Gasteiger partial charge in [-0.05, 0) is 55.5 Å². The van der Waals surface area contributed by atoms with Crippen LogP contribution in [-0.2, 0) is 4.79 Å². The average molecular weight is 369 g/mol. The molecular formula is C21H23NO5. The normalized spacial score (nSPS) is 14.3. The van der Waals surface area contributed by atoms with E-state index in [9.17, 15) is 9.59 Å². The maximum atomic E-state index is 12.7. The van der Waals surface area contributed by atoms with Crippen LogP contribution in [0.4, 0.5) is 0 Å². The zero-order valence-electron chi connectivity index (χ0n) is 15.2. The van der Waals surface area contributed by atoms with Crippen molar-refractivity contribution in [1.82, 2.24) is 5.32 Å². The molecule has 1 fully saturated rings. The Balaban J connectivity index is 1.60. The lowest BCUT2D eigenvalue weighted by Crippen LogP contribution is -2.27. The summed E-state index contributed by atoms with van der Waals surface area (Å²) in [7, 11) is 0. The third-order valence-electron chi connectivity index (χ3n) is 4.39. The van der Waals surface area contributed by atoms with Gasteiger partial charge >= 0.3 is 5.97 Å². The number of hydrogen-bond donors (Lipinski definition) is 2. The molecule has 2 N–H and O–H groups in total. The van der Waals surface area contributed by atoms with Gasteiger partial charge in [-0.25, -0.2) is 4.79 Å². The van der Waals surface area contributed by atoms with Crippen molar-refractivity contribution in [3.05, 3.63) is 59.7 Å². The molecule has 6 nitrogen and oxygen atoms in total. The second kappa shape index (κ2) is 8.58. The van der Waals surface area contributed by atoms with Gasteiger partial charge in [0.1, 0.15) is 11.5 Å². The lowest BCUT2D eigenvalue weighted by Gasteiger charge is -2.17. The number of ether oxygens (including phenoxy) is 2. The zero-order valence-corrected chi connectivity index (χ0v) is 15.2. The fourth-order valence-corrected chi connectivity index (χ4v) is 2.63. The molecule has 1 aliphatic rings. The van der Waals surface area contributed by atoms with Gasteiger partial charge in [0.25, 0.3) is 5.91 Å². The van der Waals surface area contributed by atoms with Crippen LogP contribution in [0.25, 0.3) is 0 Å². The first kappa shape index (κ1) is 18.8. The van der Waals surface area contributed by atoms with Crippen molar-refractivity contribution >= 4 is 11.9 Å². The molecule has 0 saturated heterocycles. The van der Waals surface area contributed by atoms with E-state index in [0.717, 1.165) is 5.56 Å². The molecule has 0 heterocycles. The summed E-state index contributed by atoms with van der Waals surface area (Å²) in [6.45, 7) is 2.15. The minimum Gasteiger partial charge on any atom is -0.492 e. The Labute approximate surface area is 158 Å². The summed E-state index contributed by atoms with van der Waals surface area (Å²) in [4.78, 5) is 23.2. The molecule has 6 heteroatoms. The van der Waals surface area contributed by atoms with Crippen LogP contribution in [0.5, 0.6) is 11.5 Å². The number of carbonyl (C=O) groups excluding carboxylic acids is 1. The van der Waals surface area contributed by atoms with Gasteiger partial charge in [-0.15, -0.1) is 0 Å². The first-order chi connectivity index (χ1) is 13.0. The van der Waals surface area contributed by atoms with Gasteiger partial charge in [-0.2, -0.15) is 0 Å².